The lowest BCUT2D eigenvalue weighted by Crippen LogP contribution is -2.39. The molecule has 0 bridgehead atoms. The van der Waals surface area contributed by atoms with Crippen molar-refractivity contribution >= 4 is 5.69 Å². The summed E-state index contributed by atoms with van der Waals surface area (Å²) in [4.78, 5) is 0. The smallest absolute Gasteiger partial charge is 0.378 e. The molecule has 4 nitrogen and oxygen atoms in total. The first kappa shape index (κ1) is 35.6. The fourth-order valence-corrected chi connectivity index (χ4v) is 4.54. The highest BCUT2D eigenvalue weighted by molar-refractivity contribution is 5.59. The van der Waals surface area contributed by atoms with E-state index in [1.54, 1.807) is 6.07 Å². The highest BCUT2D eigenvalue weighted by Crippen LogP contribution is 2.44. The number of alkyl halides is 3. The summed E-state index contributed by atoms with van der Waals surface area (Å²) in [7, 11) is 1.91. The number of hydrogen-bond acceptors (Lipinski definition) is 4. The highest BCUT2D eigenvalue weighted by atomic mass is 19.4. The molecule has 7 heteroatoms. The maximum absolute atomic E-state index is 13.4. The van der Waals surface area contributed by atoms with Crippen LogP contribution in [-0.4, -0.2) is 32.7 Å². The van der Waals surface area contributed by atoms with Crippen LogP contribution < -0.4 is 21.3 Å². The van der Waals surface area contributed by atoms with Crippen molar-refractivity contribution in [1.29, 1.82) is 0 Å². The first-order chi connectivity index (χ1) is 18.1. The standard InChI is InChI=1S/C27H41F3N4.2C2H6/c1-7-8-9-19(3)26-23(12-10-18(2)17-33-21(5)32-15-14-31-6)20(4)24-16-22(27(28,29)30)11-13-25(24)34-26;2*1-2/h7-9,11,13,16,18,20,23,26,31-34H,5,10,12,14-15,17H2,1-4,6H3;2*1-2H3/b8-7-,19-9+;;/t18?,20?,23?,26-;;/m0../s1. The van der Waals surface area contributed by atoms with Crippen LogP contribution in [0.5, 0.6) is 0 Å². The summed E-state index contributed by atoms with van der Waals surface area (Å²) in [5.74, 6) is 1.41. The third-order valence-electron chi connectivity index (χ3n) is 6.66. The number of anilines is 1. The Morgan fingerprint density at radius 2 is 1.79 bits per heavy atom. The van der Waals surface area contributed by atoms with Crippen LogP contribution in [0.25, 0.3) is 0 Å². The number of fused-ring (bicyclic) bond motifs is 1. The van der Waals surface area contributed by atoms with E-state index in [9.17, 15) is 13.2 Å². The van der Waals surface area contributed by atoms with Crippen molar-refractivity contribution in [3.63, 3.8) is 0 Å². The van der Waals surface area contributed by atoms with Crippen LogP contribution in [0.15, 0.2) is 54.4 Å². The van der Waals surface area contributed by atoms with Gasteiger partial charge in [0.2, 0.25) is 0 Å². The largest absolute Gasteiger partial charge is 0.416 e. The van der Waals surface area contributed by atoms with Gasteiger partial charge in [0, 0.05) is 25.3 Å². The van der Waals surface area contributed by atoms with Crippen molar-refractivity contribution < 1.29 is 13.2 Å². The van der Waals surface area contributed by atoms with Crippen molar-refractivity contribution in [2.24, 2.45) is 11.8 Å². The molecule has 0 aliphatic carbocycles. The third kappa shape index (κ3) is 11.5. The monoisotopic (exact) mass is 538 g/mol. The van der Waals surface area contributed by atoms with Crippen LogP contribution in [0.4, 0.5) is 18.9 Å². The zero-order valence-corrected chi connectivity index (χ0v) is 25.2. The number of nitrogens with one attached hydrogen (secondary N) is 4. The molecule has 0 radical (unpaired) electrons. The van der Waals surface area contributed by atoms with Crippen molar-refractivity contribution in [3.05, 3.63) is 65.5 Å². The predicted octanol–water partition coefficient (Wildman–Crippen LogP) is 8.08. The van der Waals surface area contributed by atoms with E-state index in [1.807, 2.05) is 53.8 Å². The minimum Gasteiger partial charge on any atom is -0.378 e. The second kappa shape index (κ2) is 18.8. The molecular formula is C31H53F3N4. The molecule has 218 valence electrons. The Bertz CT molecular complexity index is 861. The number of rotatable bonds is 12. The topological polar surface area (TPSA) is 48.1 Å². The SMILES string of the molecule is C=C(NCCNC)NCC(C)CCC1C(C)c2cc(C(F)(F)F)ccc2N[C@H]1/C(C)=C/C=C\C.CC.CC. The molecule has 1 aromatic carbocycles. The molecule has 1 aromatic rings. The van der Waals surface area contributed by atoms with Crippen molar-refractivity contribution in [1.82, 2.24) is 16.0 Å². The minimum absolute atomic E-state index is 0.0100. The van der Waals surface area contributed by atoms with E-state index < -0.39 is 11.7 Å². The Hall–Kier alpha value is -2.41. The average Bonchev–Trinajstić information content (AvgIpc) is 2.91. The van der Waals surface area contributed by atoms with Gasteiger partial charge < -0.3 is 21.3 Å². The molecule has 0 fully saturated rings. The van der Waals surface area contributed by atoms with Gasteiger partial charge in [-0.3, -0.25) is 0 Å². The predicted molar refractivity (Wildman–Crippen MR) is 159 cm³/mol. The van der Waals surface area contributed by atoms with Gasteiger partial charge in [-0.05, 0) is 75.3 Å². The molecule has 38 heavy (non-hydrogen) atoms. The molecule has 4 N–H and O–H groups in total. The maximum Gasteiger partial charge on any atom is 0.416 e. The molecule has 1 aliphatic rings. The van der Waals surface area contributed by atoms with E-state index in [-0.39, 0.29) is 17.9 Å². The first-order valence-electron chi connectivity index (χ1n) is 14.2. The van der Waals surface area contributed by atoms with Gasteiger partial charge in [-0.15, -0.1) is 0 Å². The van der Waals surface area contributed by atoms with Gasteiger partial charge in [-0.25, -0.2) is 0 Å². The summed E-state index contributed by atoms with van der Waals surface area (Å²) in [5.41, 5.74) is 2.16. The zero-order chi connectivity index (χ0) is 29.3. The molecule has 0 saturated heterocycles. The van der Waals surface area contributed by atoms with Gasteiger partial charge in [-0.1, -0.05) is 71.9 Å². The molecule has 1 heterocycles. The summed E-state index contributed by atoms with van der Waals surface area (Å²) in [6, 6.07) is 4.16. The molecular weight excluding hydrogens is 485 g/mol. The van der Waals surface area contributed by atoms with E-state index in [1.165, 1.54) is 17.7 Å². The van der Waals surface area contributed by atoms with Crippen LogP contribution >= 0.6 is 0 Å². The van der Waals surface area contributed by atoms with Crippen molar-refractivity contribution in [3.8, 4) is 0 Å². The fourth-order valence-electron chi connectivity index (χ4n) is 4.54. The molecule has 0 aromatic heterocycles. The average molecular weight is 539 g/mol. The molecule has 0 saturated carbocycles. The van der Waals surface area contributed by atoms with Crippen LogP contribution in [0.3, 0.4) is 0 Å². The lowest BCUT2D eigenvalue weighted by atomic mass is 9.73. The number of halogens is 3. The Balaban J connectivity index is 0.00000326. The maximum atomic E-state index is 13.4. The Kier molecular flexibility index (Phi) is 17.6. The lowest BCUT2D eigenvalue weighted by molar-refractivity contribution is -0.137. The second-order valence-corrected chi connectivity index (χ2v) is 9.38. The van der Waals surface area contributed by atoms with Crippen LogP contribution in [-0.2, 0) is 6.18 Å². The van der Waals surface area contributed by atoms with Crippen LogP contribution in [0, 0.1) is 11.8 Å². The normalized spacial score (nSPS) is 19.7. The van der Waals surface area contributed by atoms with Gasteiger partial charge in [0.1, 0.15) is 0 Å². The molecule has 2 rings (SSSR count). The fraction of sp³-hybridized carbons (Fsp3) is 0.613. The van der Waals surface area contributed by atoms with E-state index in [0.717, 1.165) is 49.5 Å². The molecule has 1 aliphatic heterocycles. The molecule has 0 spiro atoms. The molecule has 0 amide bonds. The van der Waals surface area contributed by atoms with Crippen molar-refractivity contribution in [2.45, 2.75) is 86.4 Å². The summed E-state index contributed by atoms with van der Waals surface area (Å²) >= 11 is 0. The van der Waals surface area contributed by atoms with E-state index in [2.05, 4.69) is 54.7 Å². The van der Waals surface area contributed by atoms with Gasteiger partial charge in [-0.2, -0.15) is 13.2 Å². The number of hydrogen-bond donors (Lipinski definition) is 4. The summed E-state index contributed by atoms with van der Waals surface area (Å²) < 4.78 is 40.1. The lowest BCUT2D eigenvalue weighted by Gasteiger charge is -2.41. The van der Waals surface area contributed by atoms with Crippen molar-refractivity contribution in [2.75, 3.05) is 32.0 Å². The molecule has 4 atom stereocenters. The Morgan fingerprint density at radius 3 is 2.37 bits per heavy atom. The summed E-state index contributed by atoms with van der Waals surface area (Å²) in [5, 5.41) is 13.2. The zero-order valence-electron chi connectivity index (χ0n) is 25.2. The van der Waals surface area contributed by atoms with Gasteiger partial charge >= 0.3 is 6.18 Å². The van der Waals surface area contributed by atoms with Crippen LogP contribution in [0.1, 0.15) is 85.3 Å². The van der Waals surface area contributed by atoms with E-state index >= 15 is 0 Å². The minimum atomic E-state index is -4.34. The second-order valence-electron chi connectivity index (χ2n) is 9.38. The Labute approximate surface area is 230 Å². The Morgan fingerprint density at radius 1 is 1.13 bits per heavy atom. The first-order valence-corrected chi connectivity index (χ1v) is 14.2. The van der Waals surface area contributed by atoms with Gasteiger partial charge in [0.05, 0.1) is 17.4 Å². The quantitative estimate of drug-likeness (QED) is 0.160. The number of allylic oxidation sites excluding steroid dienone is 3. The third-order valence-corrected chi connectivity index (χ3v) is 6.66. The van der Waals surface area contributed by atoms with E-state index in [0.29, 0.717) is 5.92 Å². The van der Waals surface area contributed by atoms with Gasteiger partial charge in [0.15, 0.2) is 0 Å². The van der Waals surface area contributed by atoms with Crippen LogP contribution in [0.2, 0.25) is 0 Å². The van der Waals surface area contributed by atoms with Gasteiger partial charge in [0.25, 0.3) is 0 Å². The highest BCUT2D eigenvalue weighted by Gasteiger charge is 2.37. The number of benzene rings is 1. The van der Waals surface area contributed by atoms with E-state index in [4.69, 9.17) is 0 Å². The summed E-state index contributed by atoms with van der Waals surface area (Å²) in [6.45, 7) is 22.8. The summed E-state index contributed by atoms with van der Waals surface area (Å²) in [6.07, 6.45) is 3.64. The molecule has 3 unspecified atom stereocenters. The number of likely N-dealkylation sites (N-methyl/N-ethyl adjacent to an activating group) is 1.